The monoisotopic (exact) mass is 267 g/mol. The fourth-order valence-electron chi connectivity index (χ4n) is 1.86. The van der Waals surface area contributed by atoms with Gasteiger partial charge in [0, 0.05) is 23.0 Å². The number of benzene rings is 1. The minimum atomic E-state index is -1.22. The maximum Gasteiger partial charge on any atom is 0.352 e. The maximum atomic E-state index is 11.8. The van der Waals surface area contributed by atoms with Gasteiger partial charge in [0.2, 0.25) is 0 Å². The lowest BCUT2D eigenvalue weighted by Gasteiger charge is -2.13. The number of halogens is 1. The molecule has 5 nitrogen and oxygen atoms in total. The number of rotatable bonds is 3. The van der Waals surface area contributed by atoms with Crippen molar-refractivity contribution in [1.29, 1.82) is 0 Å². The van der Waals surface area contributed by atoms with Crippen LogP contribution >= 0.6 is 11.6 Å². The van der Waals surface area contributed by atoms with E-state index in [9.17, 15) is 9.59 Å². The average Bonchev–Trinajstić information content (AvgIpc) is 2.32. The summed E-state index contributed by atoms with van der Waals surface area (Å²) >= 11 is 5.85. The first kappa shape index (κ1) is 12.6. The maximum absolute atomic E-state index is 11.8. The van der Waals surface area contributed by atoms with Crippen molar-refractivity contribution in [3.05, 3.63) is 45.2 Å². The molecule has 1 aromatic heterocycles. The highest BCUT2D eigenvalue weighted by atomic mass is 35.5. The first-order valence-electron chi connectivity index (χ1n) is 5.22. The van der Waals surface area contributed by atoms with Crippen LogP contribution in [0.15, 0.2) is 29.1 Å². The number of hydrogen-bond acceptors (Lipinski definition) is 3. The van der Waals surface area contributed by atoms with Gasteiger partial charge in [-0.05, 0) is 18.2 Å². The van der Waals surface area contributed by atoms with Crippen molar-refractivity contribution in [3.8, 4) is 0 Å². The van der Waals surface area contributed by atoms with Crippen LogP contribution in [-0.4, -0.2) is 27.4 Å². The van der Waals surface area contributed by atoms with Crippen molar-refractivity contribution < 1.29 is 15.0 Å². The molecule has 2 aromatic rings. The summed E-state index contributed by atoms with van der Waals surface area (Å²) in [4.78, 5) is 22.9. The molecular weight excluding hydrogens is 258 g/mol. The van der Waals surface area contributed by atoms with Crippen molar-refractivity contribution in [2.75, 3.05) is 6.61 Å². The highest BCUT2D eigenvalue weighted by molar-refractivity contribution is 6.31. The number of carbonyl (C=O) groups is 1. The van der Waals surface area contributed by atoms with E-state index in [1.165, 1.54) is 10.6 Å². The molecule has 0 amide bonds. The van der Waals surface area contributed by atoms with E-state index >= 15 is 0 Å². The Hall–Kier alpha value is -1.85. The lowest BCUT2D eigenvalue weighted by molar-refractivity contribution is 0.0683. The van der Waals surface area contributed by atoms with Crippen LogP contribution in [0.4, 0.5) is 0 Å². The molecule has 2 rings (SSSR count). The van der Waals surface area contributed by atoms with Gasteiger partial charge < -0.3 is 14.8 Å². The van der Waals surface area contributed by atoms with E-state index in [0.29, 0.717) is 15.9 Å². The molecule has 94 valence electrons. The van der Waals surface area contributed by atoms with Crippen LogP contribution in [0.2, 0.25) is 5.02 Å². The summed E-state index contributed by atoms with van der Waals surface area (Å²) in [5, 5.41) is 18.8. The van der Waals surface area contributed by atoms with E-state index in [4.69, 9.17) is 21.8 Å². The molecule has 0 spiro atoms. The molecule has 0 saturated heterocycles. The highest BCUT2D eigenvalue weighted by Gasteiger charge is 2.14. The van der Waals surface area contributed by atoms with E-state index < -0.39 is 5.97 Å². The fourth-order valence-corrected chi connectivity index (χ4v) is 2.03. The molecule has 0 unspecified atom stereocenters. The molecule has 6 heteroatoms. The zero-order chi connectivity index (χ0) is 13.3. The minimum Gasteiger partial charge on any atom is -0.477 e. The largest absolute Gasteiger partial charge is 0.477 e. The highest BCUT2D eigenvalue weighted by Crippen LogP contribution is 2.18. The summed E-state index contributed by atoms with van der Waals surface area (Å²) in [6, 6.07) is 5.67. The topological polar surface area (TPSA) is 79.5 Å². The molecule has 0 fully saturated rings. The van der Waals surface area contributed by atoms with Gasteiger partial charge in [-0.1, -0.05) is 11.6 Å². The zero-order valence-corrected chi connectivity index (χ0v) is 10.0. The Morgan fingerprint density at radius 1 is 1.33 bits per heavy atom. The summed E-state index contributed by atoms with van der Waals surface area (Å²) in [7, 11) is 0. The molecule has 2 N–H and O–H groups in total. The van der Waals surface area contributed by atoms with Gasteiger partial charge >= 0.3 is 5.97 Å². The van der Waals surface area contributed by atoms with E-state index in [2.05, 4.69) is 0 Å². The normalized spacial score (nSPS) is 10.8. The second kappa shape index (κ2) is 4.80. The summed E-state index contributed by atoms with van der Waals surface area (Å²) < 4.78 is 1.37. The van der Waals surface area contributed by atoms with Crippen LogP contribution in [0.5, 0.6) is 0 Å². The number of aromatic carboxylic acids is 1. The molecule has 0 aliphatic rings. The van der Waals surface area contributed by atoms with Crippen LogP contribution in [-0.2, 0) is 6.54 Å². The number of aliphatic hydroxyl groups excluding tert-OH is 1. The van der Waals surface area contributed by atoms with Crippen LogP contribution in [0, 0.1) is 0 Å². The Bertz CT molecular complexity index is 678. The number of pyridine rings is 1. The van der Waals surface area contributed by atoms with E-state index in [-0.39, 0.29) is 24.3 Å². The SMILES string of the molecule is O=C(O)c1cc(=O)c2ccc(Cl)cc2n1CCO. The molecule has 0 aliphatic heterocycles. The number of carboxylic acid groups (broad SMARTS) is 1. The van der Waals surface area contributed by atoms with Gasteiger partial charge in [-0.2, -0.15) is 0 Å². The average molecular weight is 268 g/mol. The number of fused-ring (bicyclic) bond motifs is 1. The van der Waals surface area contributed by atoms with E-state index in [1.807, 2.05) is 0 Å². The van der Waals surface area contributed by atoms with Gasteiger partial charge in [-0.15, -0.1) is 0 Å². The predicted molar refractivity (Wildman–Crippen MR) is 67.3 cm³/mol. The third-order valence-electron chi connectivity index (χ3n) is 2.62. The third-order valence-corrected chi connectivity index (χ3v) is 2.85. The molecule has 0 bridgehead atoms. The van der Waals surface area contributed by atoms with Crippen LogP contribution in [0.25, 0.3) is 10.9 Å². The quantitative estimate of drug-likeness (QED) is 0.880. The Balaban J connectivity index is 2.91. The lowest BCUT2D eigenvalue weighted by atomic mass is 10.1. The molecule has 0 aliphatic carbocycles. The number of nitrogens with zero attached hydrogens (tertiary/aromatic N) is 1. The van der Waals surface area contributed by atoms with Gasteiger partial charge in [-0.3, -0.25) is 4.79 Å². The lowest BCUT2D eigenvalue weighted by Crippen LogP contribution is -2.19. The van der Waals surface area contributed by atoms with E-state index in [0.717, 1.165) is 6.07 Å². The predicted octanol–water partition coefficient (Wildman–Crippen LogP) is 1.35. The van der Waals surface area contributed by atoms with Gasteiger partial charge in [0.1, 0.15) is 5.69 Å². The fraction of sp³-hybridized carbons (Fsp3) is 0.167. The smallest absolute Gasteiger partial charge is 0.352 e. The minimum absolute atomic E-state index is 0.0821. The number of aromatic nitrogens is 1. The van der Waals surface area contributed by atoms with Crippen molar-refractivity contribution in [1.82, 2.24) is 4.57 Å². The number of carboxylic acids is 1. The molecule has 1 heterocycles. The summed E-state index contributed by atoms with van der Waals surface area (Å²) in [6.45, 7) is -0.149. The Morgan fingerprint density at radius 2 is 2.06 bits per heavy atom. The summed E-state index contributed by atoms with van der Waals surface area (Å²) in [5.41, 5.74) is -0.140. The summed E-state index contributed by atoms with van der Waals surface area (Å²) in [5.74, 6) is -1.22. The van der Waals surface area contributed by atoms with Crippen molar-refractivity contribution in [3.63, 3.8) is 0 Å². The molecule has 0 saturated carbocycles. The third kappa shape index (κ3) is 2.10. The van der Waals surface area contributed by atoms with Gasteiger partial charge in [0.15, 0.2) is 5.43 Å². The molecule has 0 atom stereocenters. The van der Waals surface area contributed by atoms with E-state index in [1.54, 1.807) is 12.1 Å². The van der Waals surface area contributed by atoms with Crippen molar-refractivity contribution >= 4 is 28.5 Å². The second-order valence-electron chi connectivity index (χ2n) is 3.74. The standard InChI is InChI=1S/C12H10ClNO4/c13-7-1-2-8-9(5-7)14(3-4-15)10(12(17)18)6-11(8)16/h1-2,5-6,15H,3-4H2,(H,17,18). The number of hydrogen-bond donors (Lipinski definition) is 2. The van der Waals surface area contributed by atoms with Gasteiger partial charge in [0.25, 0.3) is 0 Å². The second-order valence-corrected chi connectivity index (χ2v) is 4.17. The molecule has 0 radical (unpaired) electrons. The van der Waals surface area contributed by atoms with Crippen molar-refractivity contribution in [2.24, 2.45) is 0 Å². The van der Waals surface area contributed by atoms with Crippen LogP contribution in [0.1, 0.15) is 10.5 Å². The first-order valence-corrected chi connectivity index (χ1v) is 5.59. The van der Waals surface area contributed by atoms with Gasteiger partial charge in [-0.25, -0.2) is 4.79 Å². The first-order chi connectivity index (χ1) is 8.54. The van der Waals surface area contributed by atoms with Gasteiger partial charge in [0.05, 0.1) is 12.1 Å². The molecular formula is C12H10ClNO4. The van der Waals surface area contributed by atoms with Crippen molar-refractivity contribution in [2.45, 2.75) is 6.54 Å². The Morgan fingerprint density at radius 3 is 2.67 bits per heavy atom. The van der Waals surface area contributed by atoms with Crippen LogP contribution < -0.4 is 5.43 Å². The van der Waals surface area contributed by atoms with Crippen LogP contribution in [0.3, 0.4) is 0 Å². The molecule has 1 aromatic carbocycles. The number of aliphatic hydroxyl groups is 1. The summed E-state index contributed by atoms with van der Waals surface area (Å²) in [6.07, 6.45) is 0. The zero-order valence-electron chi connectivity index (χ0n) is 9.26. The molecule has 18 heavy (non-hydrogen) atoms. The Kier molecular flexibility index (Phi) is 3.36. The Labute approximate surface area is 107 Å².